The quantitative estimate of drug-likeness (QED) is 0.0252. The Morgan fingerprint density at radius 3 is 1.42 bits per heavy atom. The highest BCUT2D eigenvalue weighted by molar-refractivity contribution is 6.30. The van der Waals surface area contributed by atoms with Gasteiger partial charge < -0.3 is 60.9 Å². The van der Waals surface area contributed by atoms with E-state index < -0.39 is 6.04 Å². The van der Waals surface area contributed by atoms with Crippen LogP contribution < -0.4 is 4.74 Å². The minimum atomic E-state index is -0.558. The van der Waals surface area contributed by atoms with Crippen molar-refractivity contribution in [3.8, 4) is 11.4 Å². The number of hydrogen-bond donors (Lipinski definition) is 0. The van der Waals surface area contributed by atoms with E-state index in [-0.39, 0.29) is 158 Å². The molecule has 7 heterocycles. The predicted molar refractivity (Wildman–Crippen MR) is 473 cm³/mol. The first-order valence-electron chi connectivity index (χ1n) is 44.0. The Kier molecular flexibility index (Phi) is 40.2. The number of hydrogen-bond acceptors (Lipinski definition) is 24. The Morgan fingerprint density at radius 1 is 0.456 bits per heavy atom. The van der Waals surface area contributed by atoms with Crippen molar-refractivity contribution in [1.82, 2.24) is 57.5 Å². The van der Waals surface area contributed by atoms with Gasteiger partial charge in [-0.2, -0.15) is 0 Å². The SMILES string of the molecule is COc1ccc2c(c1)C(c1ccc(Cl)cc1)=N[C@@H](CC(=O)CCCOCCOCCOCCOCCOCCOCCC(=O)CCCCN(C)CCCCC(=O)CCCC(=O)c1nc(CC(=O)CCCC(=O)c3cc(CC(=O)c4nc(CC(=O)CCCC(=O)c5cc(CC(=O)c6nccn6C(C)C)cn5C)cn4C(C)C)cn3C)cn1C(C)C)c1nnc(C)n1-2. The molecule has 1 aliphatic rings. The second-order valence-corrected chi connectivity index (χ2v) is 33.3. The third-order valence-electron chi connectivity index (χ3n) is 21.7. The number of ether oxygens (including phenoxy) is 7. The molecule has 0 radical (unpaired) electrons. The summed E-state index contributed by atoms with van der Waals surface area (Å²) >= 11 is 6.24. The fourth-order valence-electron chi connectivity index (χ4n) is 15.1. The van der Waals surface area contributed by atoms with Crippen LogP contribution >= 0.6 is 11.6 Å². The highest BCUT2D eigenvalue weighted by Crippen LogP contribution is 2.36. The zero-order chi connectivity index (χ0) is 89.9. The largest absolute Gasteiger partial charge is 0.497 e. The molecular weight excluding hydrogens is 1620 g/mol. The summed E-state index contributed by atoms with van der Waals surface area (Å²) < 4.78 is 50.1. The lowest BCUT2D eigenvalue weighted by Crippen LogP contribution is -2.21. The number of carbonyl (C=O) groups excluding carboxylic acids is 10. The Labute approximate surface area is 738 Å². The number of fused-ring (bicyclic) bond motifs is 3. The van der Waals surface area contributed by atoms with Gasteiger partial charge in [-0.3, -0.25) is 57.5 Å². The first-order valence-corrected chi connectivity index (χ1v) is 44.3. The van der Waals surface area contributed by atoms with Gasteiger partial charge in [0.15, 0.2) is 40.6 Å². The zero-order valence-electron chi connectivity index (χ0n) is 74.8. The molecule has 1 aliphatic heterocycles. The first-order chi connectivity index (χ1) is 60.1. The molecule has 676 valence electrons. The van der Waals surface area contributed by atoms with Crippen LogP contribution in [0.4, 0.5) is 0 Å². The highest BCUT2D eigenvalue weighted by atomic mass is 35.5. The standard InChI is InChI=1S/C94H126ClN13O17/c1-64(2)105-39-36-96-92(105)88(117)54-68-52-83(103(9)60-68)85(114)26-18-24-77(112)57-73-63-107(66(5)6)94(98-73)89(118)55-69-53-84(104(10)61-69)86(115)27-17-23-76(111)56-72-62-106(65(3)4)93(97-72)87(116)28-16-22-74(109)20-12-14-37-102(8)38-15-13-21-75(110)35-41-121-43-45-123-47-49-125-51-50-124-48-46-122-44-42-120-40-19-25-78(113)58-81-91-101-100-67(7)108(91)82-34-33-79(119-11)59-80(82)90(99-81)70-29-31-71(95)32-30-70/h29-34,36,39,52-53,59-66,81H,12-28,35,37-38,40-51,54-58H2,1-11H3/t81-/m0/s1. The van der Waals surface area contributed by atoms with Crippen LogP contribution in [-0.4, -0.2) is 228 Å². The highest BCUT2D eigenvalue weighted by Gasteiger charge is 2.32. The molecule has 0 N–H and O–H groups in total. The van der Waals surface area contributed by atoms with Gasteiger partial charge in [0.1, 0.15) is 46.5 Å². The van der Waals surface area contributed by atoms with Gasteiger partial charge in [-0.05, 0) is 174 Å². The van der Waals surface area contributed by atoms with Crippen molar-refractivity contribution in [3.63, 3.8) is 0 Å². The van der Waals surface area contributed by atoms with Crippen LogP contribution in [-0.2, 0) is 92.2 Å². The summed E-state index contributed by atoms with van der Waals surface area (Å²) in [5, 5.41) is 9.45. The van der Waals surface area contributed by atoms with Gasteiger partial charge in [0.2, 0.25) is 11.6 Å². The number of benzene rings is 2. The van der Waals surface area contributed by atoms with Crippen molar-refractivity contribution in [3.05, 3.63) is 171 Å². The van der Waals surface area contributed by atoms with Crippen LogP contribution in [0, 0.1) is 6.92 Å². The molecule has 0 fully saturated rings. The smallest absolute Gasteiger partial charge is 0.202 e. The molecule has 125 heavy (non-hydrogen) atoms. The summed E-state index contributed by atoms with van der Waals surface area (Å²) in [6.07, 6.45) is 17.9. The number of methoxy groups -OCH3 is 1. The summed E-state index contributed by atoms with van der Waals surface area (Å²) in [6.45, 7) is 20.0. The number of aromatic nitrogens is 11. The number of aryl methyl sites for hydroxylation is 3. The van der Waals surface area contributed by atoms with E-state index in [1.54, 1.807) is 88.8 Å². The van der Waals surface area contributed by atoms with E-state index in [1.165, 1.54) is 0 Å². The lowest BCUT2D eigenvalue weighted by molar-refractivity contribution is -0.121. The van der Waals surface area contributed by atoms with Gasteiger partial charge in [-0.25, -0.2) is 15.0 Å². The van der Waals surface area contributed by atoms with Crippen molar-refractivity contribution in [2.45, 2.75) is 220 Å². The van der Waals surface area contributed by atoms with Crippen LogP contribution in [0.5, 0.6) is 5.75 Å². The molecule has 9 rings (SSSR count). The molecule has 0 saturated heterocycles. The molecule has 6 aromatic heterocycles. The summed E-state index contributed by atoms with van der Waals surface area (Å²) in [6, 6.07) is 15.9. The molecule has 0 amide bonds. The number of carbonyl (C=O) groups is 10. The summed E-state index contributed by atoms with van der Waals surface area (Å²) in [5.74, 6) is 1.93. The van der Waals surface area contributed by atoms with Crippen molar-refractivity contribution < 1.29 is 81.1 Å². The Bertz CT molecular complexity index is 4940. The number of halogens is 1. The topological polar surface area (TPSA) is 345 Å². The van der Waals surface area contributed by atoms with Crippen molar-refractivity contribution in [1.29, 1.82) is 0 Å². The summed E-state index contributed by atoms with van der Waals surface area (Å²) in [7, 11) is 7.15. The number of unbranched alkanes of at least 4 members (excludes halogenated alkanes) is 2. The van der Waals surface area contributed by atoms with E-state index in [0.29, 0.717) is 199 Å². The van der Waals surface area contributed by atoms with Crippen LogP contribution in [0.3, 0.4) is 0 Å². The number of aliphatic imine (C=N–C) groups is 1. The van der Waals surface area contributed by atoms with E-state index in [2.05, 4.69) is 30.0 Å². The van der Waals surface area contributed by atoms with Gasteiger partial charge in [-0.1, -0.05) is 23.7 Å². The number of Topliss-reactive ketones (excluding diaryl/α,β-unsaturated/α-hetero) is 10. The summed E-state index contributed by atoms with van der Waals surface area (Å²) in [4.78, 5) is 153. The zero-order valence-corrected chi connectivity index (χ0v) is 75.5. The normalized spacial score (nSPS) is 12.7. The molecule has 31 heteroatoms. The Hall–Kier alpha value is -10.0. The number of imidazole rings is 3. The van der Waals surface area contributed by atoms with Gasteiger partial charge in [0.25, 0.3) is 0 Å². The second kappa shape index (κ2) is 50.9. The molecule has 0 aliphatic carbocycles. The molecule has 0 spiro atoms. The molecule has 1 atom stereocenters. The monoisotopic (exact) mass is 1740 g/mol. The predicted octanol–water partition coefficient (Wildman–Crippen LogP) is 14.0. The van der Waals surface area contributed by atoms with Crippen LogP contribution in [0.2, 0.25) is 5.02 Å². The maximum atomic E-state index is 13.9. The van der Waals surface area contributed by atoms with Crippen molar-refractivity contribution >= 4 is 75.1 Å². The molecular formula is C94H126ClN13O17. The van der Waals surface area contributed by atoms with Crippen LogP contribution in [0.15, 0.2) is 96.8 Å². The summed E-state index contributed by atoms with van der Waals surface area (Å²) in [5.41, 5.74) is 6.33. The van der Waals surface area contributed by atoms with Gasteiger partial charge in [0.05, 0.1) is 127 Å². The van der Waals surface area contributed by atoms with E-state index in [9.17, 15) is 47.9 Å². The van der Waals surface area contributed by atoms with Crippen molar-refractivity contribution in [2.75, 3.05) is 107 Å². The van der Waals surface area contributed by atoms with Crippen LogP contribution in [0.25, 0.3) is 5.69 Å². The maximum Gasteiger partial charge on any atom is 0.202 e. The third kappa shape index (κ3) is 31.2. The number of ketones is 10. The van der Waals surface area contributed by atoms with Crippen LogP contribution in [0.1, 0.15) is 286 Å². The Morgan fingerprint density at radius 2 is 0.912 bits per heavy atom. The van der Waals surface area contributed by atoms with E-state index >= 15 is 0 Å². The second-order valence-electron chi connectivity index (χ2n) is 32.9. The maximum absolute atomic E-state index is 13.9. The molecule has 0 unspecified atom stereocenters. The third-order valence-corrected chi connectivity index (χ3v) is 22.0. The lowest BCUT2D eigenvalue weighted by Gasteiger charge is -2.16. The molecule has 2 aromatic carbocycles. The van der Waals surface area contributed by atoms with Crippen molar-refractivity contribution in [2.24, 2.45) is 19.1 Å². The lowest BCUT2D eigenvalue weighted by atomic mass is 9.99. The molecule has 0 saturated carbocycles. The van der Waals surface area contributed by atoms with Gasteiger partial charge in [-0.15, -0.1) is 10.2 Å². The molecule has 8 aromatic rings. The first kappa shape index (κ1) is 98.7. The average Bonchev–Trinajstić information content (AvgIpc) is 1.60. The fraction of sp³-hybridized carbons (Fsp3) is 0.553. The average molecular weight is 1750 g/mol. The van der Waals surface area contributed by atoms with Gasteiger partial charge >= 0.3 is 0 Å². The molecule has 30 nitrogen and oxygen atoms in total. The van der Waals surface area contributed by atoms with Gasteiger partial charge in [0, 0.05) is 176 Å². The van der Waals surface area contributed by atoms with E-state index in [1.807, 2.05) is 107 Å². The molecule has 0 bridgehead atoms. The van der Waals surface area contributed by atoms with E-state index in [0.717, 1.165) is 55.6 Å². The minimum absolute atomic E-state index is 0.000899. The number of nitrogens with zero attached hydrogens (tertiary/aromatic N) is 13. The Balaban J connectivity index is 0.532. The van der Waals surface area contributed by atoms with E-state index in [4.69, 9.17) is 49.8 Å². The fourth-order valence-corrected chi connectivity index (χ4v) is 15.2. The number of rotatable bonds is 64. The minimum Gasteiger partial charge on any atom is -0.497 e.